The number of hydrogen-bond donors (Lipinski definition) is 2. The van der Waals surface area contributed by atoms with Gasteiger partial charge < -0.3 is 20.4 Å². The molecule has 1 saturated heterocycles. The van der Waals surface area contributed by atoms with Crippen LogP contribution in [0.1, 0.15) is 53.9 Å². The van der Waals surface area contributed by atoms with Crippen LogP contribution in [-0.4, -0.2) is 37.2 Å². The molecule has 4 rings (SSSR count). The zero-order chi connectivity index (χ0) is 17.0. The fourth-order valence-electron chi connectivity index (χ4n) is 5.08. The minimum Gasteiger partial charge on any atom is -0.404 e. The van der Waals surface area contributed by atoms with Gasteiger partial charge in [0.25, 0.3) is 0 Å². The van der Waals surface area contributed by atoms with E-state index >= 15 is 0 Å². The van der Waals surface area contributed by atoms with E-state index in [4.69, 9.17) is 15.0 Å². The number of carbonyl (C=O) groups excluding carboxylic acids is 1. The topological polar surface area (TPSA) is 73.6 Å². The Balaban J connectivity index is 1.75. The first kappa shape index (κ1) is 17.2. The molecule has 5 nitrogen and oxygen atoms in total. The molecule has 1 unspecified atom stereocenters. The molecule has 4 fully saturated rings. The lowest BCUT2D eigenvalue weighted by Crippen LogP contribution is -2.65. The van der Waals surface area contributed by atoms with Crippen LogP contribution in [0.2, 0.25) is 0 Å². The molecule has 0 radical (unpaired) electrons. The van der Waals surface area contributed by atoms with Crippen molar-refractivity contribution in [3.63, 3.8) is 0 Å². The van der Waals surface area contributed by atoms with Gasteiger partial charge >= 0.3 is 7.12 Å². The highest BCUT2D eigenvalue weighted by molar-refractivity contribution is 6.47. The zero-order valence-electron chi connectivity index (χ0n) is 15.1. The van der Waals surface area contributed by atoms with Crippen LogP contribution in [0, 0.1) is 23.2 Å². The van der Waals surface area contributed by atoms with Gasteiger partial charge in [0.05, 0.1) is 24.2 Å². The lowest BCUT2D eigenvalue weighted by Gasteiger charge is -2.64. The van der Waals surface area contributed by atoms with Crippen molar-refractivity contribution in [2.45, 2.75) is 71.5 Å². The summed E-state index contributed by atoms with van der Waals surface area (Å²) in [6, 6.07) is 0. The fourth-order valence-corrected chi connectivity index (χ4v) is 5.08. The largest absolute Gasteiger partial charge is 0.481 e. The predicted molar refractivity (Wildman–Crippen MR) is 90.6 cm³/mol. The molecule has 3 aliphatic carbocycles. The van der Waals surface area contributed by atoms with Crippen molar-refractivity contribution in [2.75, 3.05) is 6.54 Å². The second-order valence-electron chi connectivity index (χ2n) is 8.84. The van der Waals surface area contributed by atoms with Crippen molar-refractivity contribution in [1.29, 1.82) is 0 Å². The SMILES string of the molecule is CC(C)C[C@H](NC(=O)CN)B1O[C@@H]2C[C@H]3CC(C3(C)C)[C@]2(C)O1. The van der Waals surface area contributed by atoms with Gasteiger partial charge in [-0.25, -0.2) is 0 Å². The molecule has 3 N–H and O–H groups in total. The van der Waals surface area contributed by atoms with Crippen molar-refractivity contribution in [1.82, 2.24) is 5.32 Å². The number of amides is 1. The molecule has 3 saturated carbocycles. The molecule has 23 heavy (non-hydrogen) atoms. The number of nitrogens with two attached hydrogens (primary N) is 1. The molecular formula is C17H31BN2O3. The average Bonchev–Trinajstić information content (AvgIpc) is 2.82. The van der Waals surface area contributed by atoms with Crippen molar-refractivity contribution in [2.24, 2.45) is 28.9 Å². The first-order valence-electron chi connectivity index (χ1n) is 9.01. The molecular weight excluding hydrogens is 291 g/mol. The monoisotopic (exact) mass is 322 g/mol. The van der Waals surface area contributed by atoms with Crippen LogP contribution in [-0.2, 0) is 14.1 Å². The Hall–Kier alpha value is -0.585. The highest BCUT2D eigenvalue weighted by atomic mass is 16.7. The van der Waals surface area contributed by atoms with E-state index in [0.29, 0.717) is 17.3 Å². The molecule has 0 aromatic rings. The summed E-state index contributed by atoms with van der Waals surface area (Å²) in [5.74, 6) is 1.44. The van der Waals surface area contributed by atoms with Gasteiger partial charge in [-0.15, -0.1) is 0 Å². The van der Waals surface area contributed by atoms with Crippen molar-refractivity contribution < 1.29 is 14.1 Å². The molecule has 2 bridgehead atoms. The van der Waals surface area contributed by atoms with Crippen LogP contribution in [0.25, 0.3) is 0 Å². The van der Waals surface area contributed by atoms with Crippen molar-refractivity contribution >= 4 is 13.0 Å². The van der Waals surface area contributed by atoms with E-state index in [9.17, 15) is 4.79 Å². The van der Waals surface area contributed by atoms with Crippen LogP contribution in [0.4, 0.5) is 0 Å². The molecule has 1 amide bonds. The van der Waals surface area contributed by atoms with Crippen molar-refractivity contribution in [3.8, 4) is 0 Å². The lowest BCUT2D eigenvalue weighted by molar-refractivity contribution is -0.199. The summed E-state index contributed by atoms with van der Waals surface area (Å²) in [7, 11) is -0.363. The number of carbonyl (C=O) groups is 1. The maximum absolute atomic E-state index is 11.8. The molecule has 130 valence electrons. The van der Waals surface area contributed by atoms with Crippen LogP contribution in [0.15, 0.2) is 0 Å². The van der Waals surface area contributed by atoms with Crippen molar-refractivity contribution in [3.05, 3.63) is 0 Å². The van der Waals surface area contributed by atoms with Gasteiger partial charge in [0, 0.05) is 0 Å². The normalized spacial score (nSPS) is 38.9. The van der Waals surface area contributed by atoms with E-state index < -0.39 is 0 Å². The summed E-state index contributed by atoms with van der Waals surface area (Å²) in [5, 5.41) is 3.00. The fraction of sp³-hybridized carbons (Fsp3) is 0.941. The molecule has 0 aromatic heterocycles. The van der Waals surface area contributed by atoms with Crippen LogP contribution in [0.5, 0.6) is 0 Å². The first-order chi connectivity index (χ1) is 10.7. The van der Waals surface area contributed by atoms with E-state index in [1.54, 1.807) is 0 Å². The maximum atomic E-state index is 11.8. The molecule has 4 aliphatic rings. The molecule has 1 heterocycles. The van der Waals surface area contributed by atoms with Gasteiger partial charge in [-0.05, 0) is 49.4 Å². The summed E-state index contributed by atoms with van der Waals surface area (Å²) in [6.07, 6.45) is 3.28. The van der Waals surface area contributed by atoms with Gasteiger partial charge in [-0.2, -0.15) is 0 Å². The Labute approximate surface area is 140 Å². The zero-order valence-corrected chi connectivity index (χ0v) is 15.1. The van der Waals surface area contributed by atoms with Gasteiger partial charge in [0.2, 0.25) is 5.91 Å². The standard InChI is InChI=1S/C17H31BN2O3/c1-10(2)6-14(20-15(21)9-19)18-22-13-8-11-7-12(16(11,3)4)17(13,5)23-18/h10-14H,6-9,19H2,1-5H3,(H,20,21)/t11-,12?,13-,14+,17+/m1/s1. The Morgan fingerprint density at radius 3 is 2.61 bits per heavy atom. The van der Waals surface area contributed by atoms with E-state index in [-0.39, 0.29) is 37.2 Å². The van der Waals surface area contributed by atoms with E-state index in [1.165, 1.54) is 6.42 Å². The Morgan fingerprint density at radius 2 is 2.04 bits per heavy atom. The van der Waals surface area contributed by atoms with Crippen LogP contribution >= 0.6 is 0 Å². The minimum atomic E-state index is -0.363. The smallest absolute Gasteiger partial charge is 0.404 e. The van der Waals surface area contributed by atoms with E-state index in [2.05, 4.69) is 39.9 Å². The minimum absolute atomic E-state index is 0.000256. The van der Waals surface area contributed by atoms with Gasteiger partial charge in [0.1, 0.15) is 0 Å². The molecule has 1 aliphatic heterocycles. The third kappa shape index (κ3) is 2.73. The lowest BCUT2D eigenvalue weighted by atomic mass is 9.43. The van der Waals surface area contributed by atoms with E-state index in [1.807, 2.05) is 0 Å². The van der Waals surface area contributed by atoms with E-state index in [0.717, 1.165) is 18.8 Å². The van der Waals surface area contributed by atoms with Gasteiger partial charge in [0.15, 0.2) is 0 Å². The van der Waals surface area contributed by atoms with Crippen LogP contribution < -0.4 is 11.1 Å². The predicted octanol–water partition coefficient (Wildman–Crippen LogP) is 1.74. The third-order valence-electron chi connectivity index (χ3n) is 6.55. The molecule has 0 aromatic carbocycles. The molecule has 6 heteroatoms. The Kier molecular flexibility index (Phi) is 4.31. The highest BCUT2D eigenvalue weighted by Gasteiger charge is 2.68. The second kappa shape index (κ2) is 5.75. The number of rotatable bonds is 5. The maximum Gasteiger partial charge on any atom is 0.481 e. The summed E-state index contributed by atoms with van der Waals surface area (Å²) < 4.78 is 12.8. The Bertz CT molecular complexity index is 484. The number of hydrogen-bond acceptors (Lipinski definition) is 4. The third-order valence-corrected chi connectivity index (χ3v) is 6.55. The molecule has 5 atom stereocenters. The summed E-state index contributed by atoms with van der Waals surface area (Å²) in [5.41, 5.74) is 5.56. The summed E-state index contributed by atoms with van der Waals surface area (Å²) in [4.78, 5) is 11.8. The highest BCUT2D eigenvalue weighted by Crippen LogP contribution is 2.65. The first-order valence-corrected chi connectivity index (χ1v) is 9.01. The summed E-state index contributed by atoms with van der Waals surface area (Å²) in [6.45, 7) is 11.2. The summed E-state index contributed by atoms with van der Waals surface area (Å²) >= 11 is 0. The van der Waals surface area contributed by atoms with Gasteiger partial charge in [-0.3, -0.25) is 4.79 Å². The van der Waals surface area contributed by atoms with Crippen LogP contribution in [0.3, 0.4) is 0 Å². The second-order valence-corrected chi connectivity index (χ2v) is 8.84. The quantitative estimate of drug-likeness (QED) is 0.756. The average molecular weight is 322 g/mol. The number of nitrogens with one attached hydrogen (secondary N) is 1. The Morgan fingerprint density at radius 1 is 1.35 bits per heavy atom. The molecule has 0 spiro atoms. The van der Waals surface area contributed by atoms with Gasteiger partial charge in [-0.1, -0.05) is 27.7 Å².